The molecule has 0 saturated carbocycles. The Morgan fingerprint density at radius 2 is 2.00 bits per heavy atom. The summed E-state index contributed by atoms with van der Waals surface area (Å²) in [5.41, 5.74) is 0. The summed E-state index contributed by atoms with van der Waals surface area (Å²) >= 11 is 0. The first-order valence-corrected chi connectivity index (χ1v) is 7.69. The first kappa shape index (κ1) is 15.8. The molecule has 0 atom stereocenters. The van der Waals surface area contributed by atoms with E-state index in [0.717, 1.165) is 38.5 Å². The van der Waals surface area contributed by atoms with Crippen LogP contribution in [0, 0.1) is 0 Å². The molecule has 118 valence electrons. The van der Waals surface area contributed by atoms with Crippen molar-refractivity contribution in [1.82, 2.24) is 15.0 Å². The first-order valence-electron chi connectivity index (χ1n) is 7.69. The Hall–Kier alpha value is -1.63. The predicted octanol–water partition coefficient (Wildman–Crippen LogP) is 1.38. The third-order valence-electron chi connectivity index (χ3n) is 3.51. The first-order chi connectivity index (χ1) is 10.2. The maximum Gasteiger partial charge on any atom is 0.231 e. The number of nitrogens with zero attached hydrogens (tertiary/aromatic N) is 5. The summed E-state index contributed by atoms with van der Waals surface area (Å²) in [5.74, 6) is 2.14. The highest BCUT2D eigenvalue weighted by atomic mass is 16.5. The molecule has 7 heteroatoms. The van der Waals surface area contributed by atoms with Crippen LogP contribution < -0.4 is 15.1 Å². The topological polar surface area (TPSA) is 66.4 Å². The van der Waals surface area contributed by atoms with Crippen LogP contribution in [0.2, 0.25) is 0 Å². The van der Waals surface area contributed by atoms with Crippen LogP contribution in [0.3, 0.4) is 0 Å². The van der Waals surface area contributed by atoms with Crippen molar-refractivity contribution in [3.05, 3.63) is 0 Å². The predicted molar refractivity (Wildman–Crippen MR) is 85.2 cm³/mol. The van der Waals surface area contributed by atoms with Crippen molar-refractivity contribution < 1.29 is 4.74 Å². The molecule has 1 aliphatic heterocycles. The zero-order valence-electron chi connectivity index (χ0n) is 13.3. The molecule has 0 amide bonds. The van der Waals surface area contributed by atoms with Gasteiger partial charge in [-0.1, -0.05) is 6.92 Å². The summed E-state index contributed by atoms with van der Waals surface area (Å²) in [6, 6.07) is 0. The van der Waals surface area contributed by atoms with Crippen molar-refractivity contribution >= 4 is 17.8 Å². The maximum absolute atomic E-state index is 5.12. The third kappa shape index (κ3) is 4.42. The number of nitrogens with one attached hydrogen (secondary N) is 1. The molecule has 1 fully saturated rings. The van der Waals surface area contributed by atoms with Gasteiger partial charge in [-0.25, -0.2) is 0 Å². The highest BCUT2D eigenvalue weighted by Gasteiger charge is 2.18. The molecule has 0 radical (unpaired) electrons. The van der Waals surface area contributed by atoms with E-state index in [2.05, 4.69) is 32.1 Å². The lowest BCUT2D eigenvalue weighted by Crippen LogP contribution is -2.27. The van der Waals surface area contributed by atoms with E-state index in [0.29, 0.717) is 18.5 Å². The number of methoxy groups -OCH3 is 1. The zero-order chi connectivity index (χ0) is 15.1. The molecular formula is C14H26N6O. The Kier molecular flexibility index (Phi) is 5.98. The van der Waals surface area contributed by atoms with E-state index >= 15 is 0 Å². The highest BCUT2D eigenvalue weighted by molar-refractivity contribution is 5.45. The minimum atomic E-state index is 0.652. The fraction of sp³-hybridized carbons (Fsp3) is 0.786. The Balaban J connectivity index is 2.18. The van der Waals surface area contributed by atoms with Gasteiger partial charge in [0.15, 0.2) is 0 Å². The summed E-state index contributed by atoms with van der Waals surface area (Å²) in [6.45, 7) is 6.45. The van der Waals surface area contributed by atoms with Crippen LogP contribution >= 0.6 is 0 Å². The van der Waals surface area contributed by atoms with Gasteiger partial charge in [-0.2, -0.15) is 15.0 Å². The molecule has 1 aliphatic rings. The smallest absolute Gasteiger partial charge is 0.231 e. The molecule has 0 aromatic carbocycles. The number of hydrogen-bond donors (Lipinski definition) is 1. The second-order valence-corrected chi connectivity index (χ2v) is 5.29. The van der Waals surface area contributed by atoms with Crippen LogP contribution in [0.15, 0.2) is 0 Å². The molecule has 1 aromatic rings. The van der Waals surface area contributed by atoms with Gasteiger partial charge >= 0.3 is 0 Å². The summed E-state index contributed by atoms with van der Waals surface area (Å²) in [4.78, 5) is 17.9. The van der Waals surface area contributed by atoms with E-state index in [9.17, 15) is 0 Å². The van der Waals surface area contributed by atoms with Gasteiger partial charge in [-0.15, -0.1) is 0 Å². The molecule has 1 saturated heterocycles. The molecule has 2 heterocycles. The number of likely N-dealkylation sites (N-methyl/N-ethyl adjacent to an activating group) is 1. The van der Waals surface area contributed by atoms with Gasteiger partial charge in [-0.05, 0) is 19.3 Å². The molecule has 1 aromatic heterocycles. The summed E-state index contributed by atoms with van der Waals surface area (Å²) in [7, 11) is 3.68. The largest absolute Gasteiger partial charge is 0.383 e. The second-order valence-electron chi connectivity index (χ2n) is 5.29. The standard InChI is InChI=1S/C14H26N6O/c1-4-7-15-12-16-13(19(2)10-11-21-3)18-14(17-12)20-8-5-6-9-20/h4-11H2,1-3H3,(H,15,16,17,18). The lowest BCUT2D eigenvalue weighted by molar-refractivity contribution is 0.206. The molecule has 0 aliphatic carbocycles. The van der Waals surface area contributed by atoms with E-state index in [4.69, 9.17) is 4.74 Å². The van der Waals surface area contributed by atoms with Crippen molar-refractivity contribution in [2.24, 2.45) is 0 Å². The van der Waals surface area contributed by atoms with Crippen molar-refractivity contribution in [1.29, 1.82) is 0 Å². The Morgan fingerprint density at radius 1 is 1.24 bits per heavy atom. The van der Waals surface area contributed by atoms with E-state index < -0.39 is 0 Å². The van der Waals surface area contributed by atoms with E-state index in [-0.39, 0.29) is 0 Å². The van der Waals surface area contributed by atoms with Crippen LogP contribution in [-0.2, 0) is 4.74 Å². The molecule has 7 nitrogen and oxygen atoms in total. The van der Waals surface area contributed by atoms with E-state index in [1.54, 1.807) is 7.11 Å². The van der Waals surface area contributed by atoms with Crippen LogP contribution in [-0.4, -0.2) is 61.9 Å². The van der Waals surface area contributed by atoms with Gasteiger partial charge in [0.05, 0.1) is 6.61 Å². The Morgan fingerprint density at radius 3 is 2.67 bits per heavy atom. The fourth-order valence-electron chi connectivity index (χ4n) is 2.23. The van der Waals surface area contributed by atoms with Crippen LogP contribution in [0.25, 0.3) is 0 Å². The summed E-state index contributed by atoms with van der Waals surface area (Å²) < 4.78 is 5.12. The highest BCUT2D eigenvalue weighted by Crippen LogP contribution is 2.19. The molecule has 0 unspecified atom stereocenters. The lowest BCUT2D eigenvalue weighted by Gasteiger charge is -2.21. The van der Waals surface area contributed by atoms with Gasteiger partial charge in [0.1, 0.15) is 0 Å². The molecular weight excluding hydrogens is 268 g/mol. The van der Waals surface area contributed by atoms with E-state index in [1.807, 2.05) is 11.9 Å². The average molecular weight is 294 g/mol. The number of aromatic nitrogens is 3. The van der Waals surface area contributed by atoms with Crippen LogP contribution in [0.1, 0.15) is 26.2 Å². The summed E-state index contributed by atoms with van der Waals surface area (Å²) in [6.07, 6.45) is 3.45. The quantitative estimate of drug-likeness (QED) is 0.777. The number of anilines is 3. The Bertz CT molecular complexity index is 435. The molecule has 1 N–H and O–H groups in total. The second kappa shape index (κ2) is 7.97. The number of hydrogen-bond acceptors (Lipinski definition) is 7. The van der Waals surface area contributed by atoms with Gasteiger partial charge in [0.25, 0.3) is 0 Å². The van der Waals surface area contributed by atoms with Crippen molar-refractivity contribution in [2.75, 3.05) is 62.1 Å². The van der Waals surface area contributed by atoms with Crippen LogP contribution in [0.5, 0.6) is 0 Å². The molecule has 21 heavy (non-hydrogen) atoms. The van der Waals surface area contributed by atoms with Crippen molar-refractivity contribution in [3.8, 4) is 0 Å². The third-order valence-corrected chi connectivity index (χ3v) is 3.51. The van der Waals surface area contributed by atoms with Crippen molar-refractivity contribution in [2.45, 2.75) is 26.2 Å². The molecule has 2 rings (SSSR count). The fourth-order valence-corrected chi connectivity index (χ4v) is 2.23. The maximum atomic E-state index is 5.12. The minimum Gasteiger partial charge on any atom is -0.383 e. The van der Waals surface area contributed by atoms with Gasteiger partial charge in [-0.3, -0.25) is 0 Å². The zero-order valence-corrected chi connectivity index (χ0v) is 13.3. The lowest BCUT2D eigenvalue weighted by atomic mass is 10.4. The SMILES string of the molecule is CCCNc1nc(N(C)CCOC)nc(N2CCCC2)n1. The van der Waals surface area contributed by atoms with E-state index in [1.165, 1.54) is 12.8 Å². The van der Waals surface area contributed by atoms with Gasteiger partial charge in [0, 0.05) is 40.3 Å². The molecule has 0 bridgehead atoms. The normalized spacial score (nSPS) is 14.5. The minimum absolute atomic E-state index is 0.652. The average Bonchev–Trinajstić information content (AvgIpc) is 3.04. The van der Waals surface area contributed by atoms with Gasteiger partial charge < -0.3 is 19.9 Å². The Labute approximate surface area is 126 Å². The van der Waals surface area contributed by atoms with Crippen LogP contribution in [0.4, 0.5) is 17.8 Å². The van der Waals surface area contributed by atoms with Gasteiger partial charge in [0.2, 0.25) is 17.8 Å². The number of rotatable bonds is 8. The van der Waals surface area contributed by atoms with Crippen molar-refractivity contribution in [3.63, 3.8) is 0 Å². The number of ether oxygens (including phenoxy) is 1. The molecule has 0 spiro atoms. The monoisotopic (exact) mass is 294 g/mol. The summed E-state index contributed by atoms with van der Waals surface area (Å²) in [5, 5.41) is 3.26.